The van der Waals surface area contributed by atoms with Crippen molar-refractivity contribution in [3.63, 3.8) is 0 Å². The van der Waals surface area contributed by atoms with Crippen LogP contribution in [0.2, 0.25) is 10.0 Å². The van der Waals surface area contributed by atoms with E-state index >= 15 is 0 Å². The van der Waals surface area contributed by atoms with Crippen LogP contribution in [0.5, 0.6) is 11.5 Å². The molecule has 224 valence electrons. The largest absolute Gasteiger partial charge is 0.493 e. The van der Waals surface area contributed by atoms with Crippen LogP contribution in [0.15, 0.2) is 59.5 Å². The third-order valence-electron chi connectivity index (χ3n) is 5.93. The number of hydrogen-bond acceptors (Lipinski definition) is 8. The Morgan fingerprint density at radius 3 is 2.51 bits per heavy atom. The summed E-state index contributed by atoms with van der Waals surface area (Å²) in [6.07, 6.45) is 2.20. The Labute approximate surface area is 276 Å². The molecule has 0 spiro atoms. The van der Waals surface area contributed by atoms with E-state index in [1.54, 1.807) is 30.3 Å². The standard InChI is InChI=1S/C30H25Cl2IN2O7S/c1-3-10-41-29(38)21-14-20(8-9-22(21)32)34-26(36)15-35-28(37)25(43-30(35)39)13-18-11-23(33)27(24(12-18)40-2)42-16-17-4-6-19(31)7-5-17/h4-9,11-14H,3,10,15-16H2,1-2H3,(H,34,36)/b25-13+. The molecule has 43 heavy (non-hydrogen) atoms. The highest BCUT2D eigenvalue weighted by Crippen LogP contribution is 2.37. The number of carbonyl (C=O) groups is 4. The van der Waals surface area contributed by atoms with Crippen LogP contribution in [0.4, 0.5) is 10.5 Å². The second-order valence-electron chi connectivity index (χ2n) is 9.10. The monoisotopic (exact) mass is 754 g/mol. The second-order valence-corrected chi connectivity index (χ2v) is 12.1. The molecule has 1 heterocycles. The van der Waals surface area contributed by atoms with Gasteiger partial charge in [-0.15, -0.1) is 0 Å². The zero-order valence-corrected chi connectivity index (χ0v) is 27.4. The number of methoxy groups -OCH3 is 1. The van der Waals surface area contributed by atoms with Crippen LogP contribution in [0.25, 0.3) is 6.08 Å². The third-order valence-corrected chi connectivity index (χ3v) is 8.22. The van der Waals surface area contributed by atoms with E-state index in [2.05, 4.69) is 27.9 Å². The van der Waals surface area contributed by atoms with Gasteiger partial charge in [0.25, 0.3) is 11.1 Å². The summed E-state index contributed by atoms with van der Waals surface area (Å²) >= 11 is 14.9. The number of nitrogens with zero attached hydrogens (tertiary/aromatic N) is 1. The number of amides is 3. The van der Waals surface area contributed by atoms with Crippen molar-refractivity contribution in [2.75, 3.05) is 25.6 Å². The molecule has 1 aliphatic rings. The van der Waals surface area contributed by atoms with E-state index in [-0.39, 0.29) is 27.8 Å². The fourth-order valence-electron chi connectivity index (χ4n) is 3.86. The Morgan fingerprint density at radius 2 is 1.81 bits per heavy atom. The van der Waals surface area contributed by atoms with Gasteiger partial charge < -0.3 is 19.5 Å². The molecule has 4 rings (SSSR count). The molecule has 0 aliphatic carbocycles. The Kier molecular flexibility index (Phi) is 11.4. The summed E-state index contributed by atoms with van der Waals surface area (Å²) in [5, 5.41) is 2.80. The SMILES string of the molecule is CCCOC(=O)c1cc(NC(=O)CN2C(=O)S/C(=C/c3cc(I)c(OCc4ccc(Cl)cc4)c(OC)c3)C2=O)ccc1Cl. The Morgan fingerprint density at radius 1 is 1.07 bits per heavy atom. The van der Waals surface area contributed by atoms with Crippen molar-refractivity contribution >= 4 is 92.3 Å². The first-order chi connectivity index (χ1) is 20.6. The van der Waals surface area contributed by atoms with Gasteiger partial charge in [0.1, 0.15) is 13.2 Å². The molecule has 0 unspecified atom stereocenters. The predicted molar refractivity (Wildman–Crippen MR) is 175 cm³/mol. The Bertz CT molecular complexity index is 1600. The summed E-state index contributed by atoms with van der Waals surface area (Å²) < 4.78 is 17.4. The first kappa shape index (κ1) is 32.6. The van der Waals surface area contributed by atoms with Crippen molar-refractivity contribution in [3.05, 3.63) is 89.8 Å². The van der Waals surface area contributed by atoms with Gasteiger partial charge in [0.15, 0.2) is 11.5 Å². The van der Waals surface area contributed by atoms with Crippen LogP contribution >= 0.6 is 57.6 Å². The Balaban J connectivity index is 1.43. The molecule has 0 atom stereocenters. The molecule has 1 saturated heterocycles. The predicted octanol–water partition coefficient (Wildman–Crippen LogP) is 7.43. The highest BCUT2D eigenvalue weighted by Gasteiger charge is 2.36. The highest BCUT2D eigenvalue weighted by molar-refractivity contribution is 14.1. The zero-order chi connectivity index (χ0) is 31.1. The minimum atomic E-state index is -0.628. The molecule has 3 amide bonds. The number of thioether (sulfide) groups is 1. The number of anilines is 1. The number of benzene rings is 3. The molecule has 3 aromatic carbocycles. The summed E-state index contributed by atoms with van der Waals surface area (Å²) in [5.41, 5.74) is 1.89. The number of ether oxygens (including phenoxy) is 3. The number of esters is 1. The molecule has 0 radical (unpaired) electrons. The lowest BCUT2D eigenvalue weighted by Crippen LogP contribution is -2.36. The summed E-state index contributed by atoms with van der Waals surface area (Å²) in [6, 6.07) is 15.1. The highest BCUT2D eigenvalue weighted by atomic mass is 127. The molecule has 13 heteroatoms. The quantitative estimate of drug-likeness (QED) is 0.122. The van der Waals surface area contributed by atoms with E-state index in [9.17, 15) is 19.2 Å². The van der Waals surface area contributed by atoms with Gasteiger partial charge in [-0.1, -0.05) is 42.3 Å². The van der Waals surface area contributed by atoms with Gasteiger partial charge in [-0.2, -0.15) is 0 Å². The average molecular weight is 755 g/mol. The average Bonchev–Trinajstić information content (AvgIpc) is 3.23. The maximum absolute atomic E-state index is 13.1. The van der Waals surface area contributed by atoms with E-state index < -0.39 is 29.6 Å². The number of rotatable bonds is 11. The maximum atomic E-state index is 13.1. The fraction of sp³-hybridized carbons (Fsp3) is 0.200. The molecule has 1 fully saturated rings. The normalized spacial score (nSPS) is 13.8. The van der Waals surface area contributed by atoms with Crippen LogP contribution in [-0.4, -0.2) is 48.2 Å². The van der Waals surface area contributed by atoms with Crippen molar-refractivity contribution in [2.45, 2.75) is 20.0 Å². The van der Waals surface area contributed by atoms with Gasteiger partial charge >= 0.3 is 5.97 Å². The molecule has 0 bridgehead atoms. The number of hydrogen-bond donors (Lipinski definition) is 1. The van der Waals surface area contributed by atoms with Crippen molar-refractivity contribution in [3.8, 4) is 11.5 Å². The number of carbonyl (C=O) groups excluding carboxylic acids is 4. The van der Waals surface area contributed by atoms with Crippen LogP contribution in [0, 0.1) is 3.57 Å². The number of nitrogens with one attached hydrogen (secondary N) is 1. The topological polar surface area (TPSA) is 111 Å². The molecule has 0 aromatic heterocycles. The lowest BCUT2D eigenvalue weighted by atomic mass is 10.1. The van der Waals surface area contributed by atoms with E-state index in [1.807, 2.05) is 19.1 Å². The van der Waals surface area contributed by atoms with E-state index in [0.29, 0.717) is 35.1 Å². The maximum Gasteiger partial charge on any atom is 0.339 e. The summed E-state index contributed by atoms with van der Waals surface area (Å²) in [7, 11) is 1.51. The van der Waals surface area contributed by atoms with Gasteiger partial charge in [0.05, 0.1) is 32.8 Å². The minimum Gasteiger partial charge on any atom is -0.493 e. The smallest absolute Gasteiger partial charge is 0.339 e. The van der Waals surface area contributed by atoms with Gasteiger partial charge in [0, 0.05) is 10.7 Å². The zero-order valence-electron chi connectivity index (χ0n) is 22.9. The lowest BCUT2D eigenvalue weighted by Gasteiger charge is -2.14. The van der Waals surface area contributed by atoms with E-state index in [0.717, 1.165) is 25.8 Å². The first-order valence-electron chi connectivity index (χ1n) is 12.9. The number of halogens is 3. The number of imide groups is 1. The summed E-state index contributed by atoms with van der Waals surface area (Å²) in [6.45, 7) is 1.87. The van der Waals surface area contributed by atoms with Crippen molar-refractivity contribution in [1.82, 2.24) is 4.90 Å². The van der Waals surface area contributed by atoms with Gasteiger partial charge in [-0.05, 0) is 100 Å². The van der Waals surface area contributed by atoms with Crippen molar-refractivity contribution in [2.24, 2.45) is 0 Å². The van der Waals surface area contributed by atoms with Crippen LogP contribution in [0.1, 0.15) is 34.8 Å². The Hall–Kier alpha value is -3.26. The molecular weight excluding hydrogens is 730 g/mol. The van der Waals surface area contributed by atoms with Crippen LogP contribution < -0.4 is 14.8 Å². The van der Waals surface area contributed by atoms with Crippen LogP contribution in [0.3, 0.4) is 0 Å². The lowest BCUT2D eigenvalue weighted by molar-refractivity contribution is -0.127. The summed E-state index contributed by atoms with van der Waals surface area (Å²) in [4.78, 5) is 51.7. The van der Waals surface area contributed by atoms with E-state index in [4.69, 9.17) is 37.4 Å². The van der Waals surface area contributed by atoms with Crippen LogP contribution in [-0.2, 0) is 20.9 Å². The molecular formula is C30H25Cl2IN2O7S. The third kappa shape index (κ3) is 8.43. The van der Waals surface area contributed by atoms with Gasteiger partial charge in [-0.25, -0.2) is 4.79 Å². The summed E-state index contributed by atoms with van der Waals surface area (Å²) in [5.74, 6) is -0.874. The second kappa shape index (κ2) is 15.0. The molecule has 3 aromatic rings. The fourth-order valence-corrected chi connectivity index (χ4v) is 5.80. The van der Waals surface area contributed by atoms with E-state index in [1.165, 1.54) is 25.3 Å². The van der Waals surface area contributed by atoms with Crippen molar-refractivity contribution < 1.29 is 33.4 Å². The molecule has 9 nitrogen and oxygen atoms in total. The molecule has 0 saturated carbocycles. The van der Waals surface area contributed by atoms with Gasteiger partial charge in [0.2, 0.25) is 5.91 Å². The van der Waals surface area contributed by atoms with Gasteiger partial charge in [-0.3, -0.25) is 19.3 Å². The first-order valence-corrected chi connectivity index (χ1v) is 15.5. The molecule has 1 aliphatic heterocycles. The minimum absolute atomic E-state index is 0.0912. The molecule has 1 N–H and O–H groups in total. The van der Waals surface area contributed by atoms with Crippen molar-refractivity contribution in [1.29, 1.82) is 0 Å².